The second kappa shape index (κ2) is 7.89. The fourth-order valence-corrected chi connectivity index (χ4v) is 4.06. The van der Waals surface area contributed by atoms with Crippen molar-refractivity contribution in [3.63, 3.8) is 0 Å². The van der Waals surface area contributed by atoms with Crippen LogP contribution in [-0.4, -0.2) is 32.2 Å². The predicted molar refractivity (Wildman–Crippen MR) is 102 cm³/mol. The molecule has 1 aliphatic heterocycles. The molecule has 0 aliphatic carbocycles. The van der Waals surface area contributed by atoms with Crippen LogP contribution in [0.3, 0.4) is 0 Å². The normalized spacial score (nSPS) is 16.5. The maximum Gasteiger partial charge on any atom is 0.301 e. The Bertz CT molecular complexity index is 939. The number of pyridine rings is 1. The van der Waals surface area contributed by atoms with Crippen LogP contribution >= 0.6 is 11.8 Å². The molecule has 27 heavy (non-hydrogen) atoms. The van der Waals surface area contributed by atoms with Crippen LogP contribution in [-0.2, 0) is 11.3 Å². The number of rotatable bonds is 6. The summed E-state index contributed by atoms with van der Waals surface area (Å²) in [6, 6.07) is 13.0. The van der Waals surface area contributed by atoms with Gasteiger partial charge in [0.25, 0.3) is 0 Å². The fourth-order valence-electron chi connectivity index (χ4n) is 3.13. The third-order valence-electron chi connectivity index (χ3n) is 4.43. The average Bonchev–Trinajstić information content (AvgIpc) is 3.34. The topological polar surface area (TPSA) is 83.1 Å². The van der Waals surface area contributed by atoms with E-state index in [2.05, 4.69) is 14.5 Å². The molecule has 0 saturated carbocycles. The van der Waals surface area contributed by atoms with Crippen LogP contribution in [0.2, 0.25) is 0 Å². The van der Waals surface area contributed by atoms with Gasteiger partial charge in [-0.3, -0.25) is 10.1 Å². The van der Waals surface area contributed by atoms with Gasteiger partial charge < -0.3 is 9.30 Å². The minimum Gasteiger partial charge on any atom is -0.376 e. The van der Waals surface area contributed by atoms with Crippen LogP contribution in [0.15, 0.2) is 65.0 Å². The number of benzene rings is 1. The zero-order valence-corrected chi connectivity index (χ0v) is 15.3. The Labute approximate surface area is 160 Å². The summed E-state index contributed by atoms with van der Waals surface area (Å²) in [7, 11) is 0. The third-order valence-corrected chi connectivity index (χ3v) is 5.45. The summed E-state index contributed by atoms with van der Waals surface area (Å²) >= 11 is 1.21. The predicted octanol–water partition coefficient (Wildman–Crippen LogP) is 4.18. The molecular formula is C19H18N4O3S. The molecule has 7 nitrogen and oxygen atoms in total. The highest BCUT2D eigenvalue weighted by atomic mass is 32.2. The van der Waals surface area contributed by atoms with Crippen LogP contribution < -0.4 is 0 Å². The van der Waals surface area contributed by atoms with E-state index in [0.29, 0.717) is 16.7 Å². The minimum atomic E-state index is -0.416. The van der Waals surface area contributed by atoms with Crippen molar-refractivity contribution in [2.24, 2.45) is 0 Å². The molecule has 3 aromatic rings. The first-order chi connectivity index (χ1) is 13.2. The van der Waals surface area contributed by atoms with Gasteiger partial charge in [0.1, 0.15) is 0 Å². The number of hydrogen-bond acceptors (Lipinski definition) is 6. The molecule has 0 N–H and O–H groups in total. The average molecular weight is 382 g/mol. The summed E-state index contributed by atoms with van der Waals surface area (Å²) in [4.78, 5) is 19.6. The second-order valence-electron chi connectivity index (χ2n) is 6.22. The Kier molecular flexibility index (Phi) is 5.17. The van der Waals surface area contributed by atoms with Crippen molar-refractivity contribution < 1.29 is 9.66 Å². The molecule has 1 fully saturated rings. The van der Waals surface area contributed by atoms with Crippen LogP contribution in [0, 0.1) is 10.1 Å². The van der Waals surface area contributed by atoms with E-state index in [9.17, 15) is 10.1 Å². The van der Waals surface area contributed by atoms with Crippen molar-refractivity contribution >= 4 is 17.4 Å². The Hall–Kier alpha value is -2.71. The second-order valence-corrected chi connectivity index (χ2v) is 7.18. The van der Waals surface area contributed by atoms with E-state index in [1.807, 2.05) is 30.3 Å². The first-order valence-electron chi connectivity index (χ1n) is 8.72. The Morgan fingerprint density at radius 1 is 1.22 bits per heavy atom. The monoisotopic (exact) mass is 382 g/mol. The van der Waals surface area contributed by atoms with Gasteiger partial charge in [-0.05, 0) is 36.2 Å². The molecule has 0 bridgehead atoms. The van der Waals surface area contributed by atoms with Gasteiger partial charge in [-0.2, -0.15) is 0 Å². The van der Waals surface area contributed by atoms with Crippen molar-refractivity contribution in [2.75, 3.05) is 6.61 Å². The van der Waals surface area contributed by atoms with Crippen LogP contribution in [0.25, 0.3) is 11.3 Å². The van der Waals surface area contributed by atoms with Crippen molar-refractivity contribution in [3.05, 3.63) is 65.0 Å². The molecule has 1 saturated heterocycles. The van der Waals surface area contributed by atoms with Gasteiger partial charge in [-0.1, -0.05) is 30.3 Å². The van der Waals surface area contributed by atoms with E-state index in [4.69, 9.17) is 4.74 Å². The van der Waals surface area contributed by atoms with E-state index >= 15 is 0 Å². The van der Waals surface area contributed by atoms with E-state index in [-0.39, 0.29) is 11.8 Å². The first-order valence-corrected chi connectivity index (χ1v) is 9.54. The molecule has 2 aromatic heterocycles. The largest absolute Gasteiger partial charge is 0.376 e. The lowest BCUT2D eigenvalue weighted by atomic mass is 10.1. The molecule has 0 unspecified atom stereocenters. The van der Waals surface area contributed by atoms with Gasteiger partial charge in [-0.15, -0.1) is 0 Å². The van der Waals surface area contributed by atoms with E-state index in [1.165, 1.54) is 17.8 Å². The van der Waals surface area contributed by atoms with Gasteiger partial charge in [0.15, 0.2) is 10.2 Å². The summed E-state index contributed by atoms with van der Waals surface area (Å²) < 4.78 is 7.88. The highest BCUT2D eigenvalue weighted by Gasteiger charge is 2.23. The van der Waals surface area contributed by atoms with Crippen molar-refractivity contribution in [1.29, 1.82) is 0 Å². The van der Waals surface area contributed by atoms with Gasteiger partial charge in [-0.25, -0.2) is 9.97 Å². The smallest absolute Gasteiger partial charge is 0.301 e. The molecule has 138 valence electrons. The highest BCUT2D eigenvalue weighted by molar-refractivity contribution is 7.99. The Morgan fingerprint density at radius 3 is 2.81 bits per heavy atom. The van der Waals surface area contributed by atoms with Crippen LogP contribution in [0.5, 0.6) is 0 Å². The van der Waals surface area contributed by atoms with Crippen LogP contribution in [0.1, 0.15) is 12.8 Å². The maximum absolute atomic E-state index is 11.3. The molecular weight excluding hydrogens is 364 g/mol. The lowest BCUT2D eigenvalue weighted by Crippen LogP contribution is -2.16. The molecule has 1 atom stereocenters. The Balaban J connectivity index is 1.72. The van der Waals surface area contributed by atoms with Crippen molar-refractivity contribution in [2.45, 2.75) is 35.7 Å². The zero-order chi connectivity index (χ0) is 18.6. The zero-order valence-electron chi connectivity index (χ0n) is 14.5. The van der Waals surface area contributed by atoms with E-state index in [1.54, 1.807) is 18.5 Å². The van der Waals surface area contributed by atoms with Gasteiger partial charge in [0.2, 0.25) is 0 Å². The van der Waals surface area contributed by atoms with Crippen molar-refractivity contribution in [1.82, 2.24) is 14.5 Å². The number of nitrogens with zero attached hydrogens (tertiary/aromatic N) is 4. The highest BCUT2D eigenvalue weighted by Crippen LogP contribution is 2.35. The van der Waals surface area contributed by atoms with Crippen LogP contribution in [0.4, 0.5) is 5.69 Å². The summed E-state index contributed by atoms with van der Waals surface area (Å²) in [6.45, 7) is 1.43. The SMILES string of the molecule is O=[N+]([O-])c1cccnc1Sc1ncc(-c2ccccc2)n1C[C@@H]1CCCO1. The van der Waals surface area contributed by atoms with E-state index < -0.39 is 4.92 Å². The van der Waals surface area contributed by atoms with Gasteiger partial charge >= 0.3 is 5.69 Å². The summed E-state index contributed by atoms with van der Waals surface area (Å²) in [5.74, 6) is 0. The lowest BCUT2D eigenvalue weighted by molar-refractivity contribution is -0.388. The summed E-state index contributed by atoms with van der Waals surface area (Å²) in [6.07, 6.45) is 5.54. The lowest BCUT2D eigenvalue weighted by Gasteiger charge is -2.16. The summed E-state index contributed by atoms with van der Waals surface area (Å²) in [5, 5.41) is 12.3. The minimum absolute atomic E-state index is 0.0181. The molecule has 3 heterocycles. The number of imidazole rings is 1. The molecule has 1 aromatic carbocycles. The molecule has 1 aliphatic rings. The Morgan fingerprint density at radius 2 is 2.07 bits per heavy atom. The van der Waals surface area contributed by atoms with Crippen molar-refractivity contribution in [3.8, 4) is 11.3 Å². The summed E-state index contributed by atoms with van der Waals surface area (Å²) in [5.41, 5.74) is 1.99. The number of ether oxygens (including phenoxy) is 1. The number of nitro groups is 1. The maximum atomic E-state index is 11.3. The standard InChI is InChI=1S/C19H18N4O3S/c24-23(25)16-9-4-10-20-18(16)27-19-21-12-17(14-6-2-1-3-7-14)22(19)13-15-8-5-11-26-15/h1-4,6-7,9-10,12,15H,5,8,11,13H2/t15-/m0/s1. The quantitative estimate of drug-likeness (QED) is 0.470. The first kappa shape index (κ1) is 17.7. The molecule has 0 amide bonds. The third kappa shape index (κ3) is 3.86. The molecule has 0 spiro atoms. The number of aromatic nitrogens is 3. The van der Waals surface area contributed by atoms with E-state index in [0.717, 1.165) is 30.7 Å². The van der Waals surface area contributed by atoms with Gasteiger partial charge in [0.05, 0.1) is 29.5 Å². The number of hydrogen-bond donors (Lipinski definition) is 0. The molecule has 4 rings (SSSR count). The van der Waals surface area contributed by atoms with Gasteiger partial charge in [0, 0.05) is 18.9 Å². The fraction of sp³-hybridized carbons (Fsp3) is 0.263. The molecule has 8 heteroatoms. The molecule has 0 radical (unpaired) electrons.